The van der Waals surface area contributed by atoms with Crippen LogP contribution in [0, 0.1) is 42.4 Å². The molecule has 1 saturated heterocycles. The standard InChI is InChI=1S/C34H34BrN3O7S2/c1-14(2)9-21(33(42)43)38-31(40)26-19-12-20(27(26)32(38)41)28-25(19)24(29-30(46-28)37-34(44)47-29)18-11-16(35)7-8-22(18)45-13-23(39)36-17-6-4-5-15(3)10-17/h4-8,10-11,14,19-21,24-28H,9,12-13H2,1-3H3,(H,36,39)(H,37,44)(H,42,43)/t19?,20?,21?,24-,25?,26?,27?,28?/m1/s1. The van der Waals surface area contributed by atoms with Gasteiger partial charge in [-0.25, -0.2) is 4.79 Å². The lowest BCUT2D eigenvalue weighted by Gasteiger charge is -2.43. The molecule has 3 N–H and O–H groups in total. The maximum atomic E-state index is 14.1. The topological polar surface area (TPSA) is 146 Å². The smallest absolute Gasteiger partial charge is 0.326 e. The third-order valence-electron chi connectivity index (χ3n) is 10.0. The van der Waals surface area contributed by atoms with E-state index in [2.05, 4.69) is 26.2 Å². The van der Waals surface area contributed by atoms with E-state index in [4.69, 9.17) is 4.74 Å². The number of ether oxygens (including phenoxy) is 1. The van der Waals surface area contributed by atoms with Gasteiger partial charge in [0.15, 0.2) is 6.61 Å². The van der Waals surface area contributed by atoms with Gasteiger partial charge < -0.3 is 20.1 Å². The number of carboxylic acid groups (broad SMARTS) is 1. The number of anilines is 1. The first-order valence-electron chi connectivity index (χ1n) is 15.7. The Bertz CT molecular complexity index is 1860. The number of imide groups is 1. The molecule has 2 aliphatic heterocycles. The van der Waals surface area contributed by atoms with Gasteiger partial charge in [-0.3, -0.25) is 24.1 Å². The van der Waals surface area contributed by atoms with Gasteiger partial charge in [-0.1, -0.05) is 53.2 Å². The van der Waals surface area contributed by atoms with E-state index in [1.807, 2.05) is 57.2 Å². The van der Waals surface area contributed by atoms with Crippen molar-refractivity contribution < 1.29 is 29.0 Å². The number of nitrogens with one attached hydrogen (secondary N) is 2. The summed E-state index contributed by atoms with van der Waals surface area (Å²) in [7, 11) is 0. The molecule has 3 heterocycles. The second-order valence-electron chi connectivity index (χ2n) is 13.4. The molecule has 3 aromatic rings. The highest BCUT2D eigenvalue weighted by Gasteiger charge is 2.70. The molecule has 2 aliphatic carbocycles. The number of carbonyl (C=O) groups excluding carboxylic acids is 3. The molecule has 4 aliphatic rings. The number of benzene rings is 2. The zero-order valence-electron chi connectivity index (χ0n) is 25.9. The highest BCUT2D eigenvalue weighted by molar-refractivity contribution is 9.10. The molecule has 2 aromatic carbocycles. The number of H-pyrrole nitrogens is 1. The first-order valence-corrected chi connectivity index (χ1v) is 18.2. The number of hydrogen-bond donors (Lipinski definition) is 3. The number of carbonyl (C=O) groups is 4. The molecular formula is C34H34BrN3O7S2. The summed E-state index contributed by atoms with van der Waals surface area (Å²) in [6.45, 7) is 5.47. The molecular weight excluding hydrogens is 706 g/mol. The molecule has 10 nitrogen and oxygen atoms in total. The number of rotatable bonds is 9. The molecule has 13 heteroatoms. The summed E-state index contributed by atoms with van der Waals surface area (Å²) in [4.78, 5) is 70.6. The minimum atomic E-state index is -1.19. The Hall–Kier alpha value is -3.42. The van der Waals surface area contributed by atoms with Crippen LogP contribution in [0.1, 0.15) is 48.6 Å². The SMILES string of the molecule is Cc1cccc(NC(=O)COc2ccc(Br)cc2[C@H]2c3sc(=O)[nH]c3SC3C4CC(C5C(=O)N(C(CC(C)C)C(=O)O)C(=O)C45)C32)c1. The van der Waals surface area contributed by atoms with E-state index in [1.54, 1.807) is 17.8 Å². The quantitative estimate of drug-likeness (QED) is 0.244. The van der Waals surface area contributed by atoms with Gasteiger partial charge in [0, 0.05) is 31.8 Å². The molecule has 7 rings (SSSR count). The van der Waals surface area contributed by atoms with E-state index < -0.39 is 29.8 Å². The van der Waals surface area contributed by atoms with Crippen LogP contribution in [-0.2, 0) is 19.2 Å². The number of nitrogens with zero attached hydrogens (tertiary/aromatic N) is 1. The van der Waals surface area contributed by atoms with Crippen LogP contribution in [0.4, 0.5) is 5.69 Å². The second kappa shape index (κ2) is 12.2. The van der Waals surface area contributed by atoms with Crippen molar-refractivity contribution in [2.45, 2.75) is 55.8 Å². The maximum absolute atomic E-state index is 14.1. The lowest BCUT2D eigenvalue weighted by molar-refractivity contribution is -0.156. The van der Waals surface area contributed by atoms with Crippen LogP contribution in [0.25, 0.3) is 0 Å². The molecule has 3 amide bonds. The number of aromatic amines is 1. The van der Waals surface area contributed by atoms with Gasteiger partial charge in [-0.15, -0.1) is 11.8 Å². The van der Waals surface area contributed by atoms with Gasteiger partial charge >= 0.3 is 10.8 Å². The number of halogens is 1. The minimum Gasteiger partial charge on any atom is -0.483 e. The van der Waals surface area contributed by atoms with Crippen molar-refractivity contribution in [1.29, 1.82) is 0 Å². The summed E-state index contributed by atoms with van der Waals surface area (Å²) < 4.78 is 6.97. The molecule has 7 unspecified atom stereocenters. The van der Waals surface area contributed by atoms with Crippen molar-refractivity contribution >= 4 is 68.4 Å². The van der Waals surface area contributed by atoms with Crippen LogP contribution in [0.15, 0.2) is 56.8 Å². The van der Waals surface area contributed by atoms with Gasteiger partial charge in [-0.2, -0.15) is 0 Å². The van der Waals surface area contributed by atoms with Gasteiger partial charge in [0.2, 0.25) is 11.8 Å². The minimum absolute atomic E-state index is 0.0157. The highest BCUT2D eigenvalue weighted by Crippen LogP contribution is 2.69. The number of fused-ring (bicyclic) bond motifs is 9. The molecule has 2 saturated carbocycles. The summed E-state index contributed by atoms with van der Waals surface area (Å²) in [5, 5.41) is 13.6. The lowest BCUT2D eigenvalue weighted by atomic mass is 9.68. The number of thiazole rings is 1. The number of thioether (sulfide) groups is 1. The van der Waals surface area contributed by atoms with Crippen molar-refractivity contribution in [3.8, 4) is 5.75 Å². The van der Waals surface area contributed by atoms with E-state index in [9.17, 15) is 29.1 Å². The lowest BCUT2D eigenvalue weighted by Crippen LogP contribution is -2.47. The number of aromatic nitrogens is 1. The fourth-order valence-corrected chi connectivity index (χ4v) is 11.7. The summed E-state index contributed by atoms with van der Waals surface area (Å²) in [5.41, 5.74) is 2.47. The Labute approximate surface area is 287 Å². The summed E-state index contributed by atoms with van der Waals surface area (Å²) in [5.74, 6) is -3.77. The predicted octanol–water partition coefficient (Wildman–Crippen LogP) is 5.50. The van der Waals surface area contributed by atoms with Crippen LogP contribution >= 0.6 is 39.0 Å². The number of hydrogen-bond acceptors (Lipinski definition) is 8. The zero-order valence-corrected chi connectivity index (χ0v) is 29.1. The molecule has 2 bridgehead atoms. The summed E-state index contributed by atoms with van der Waals surface area (Å²) in [6.07, 6.45) is 0.865. The molecule has 0 spiro atoms. The highest BCUT2D eigenvalue weighted by atomic mass is 79.9. The fourth-order valence-electron chi connectivity index (χ4n) is 8.42. The molecule has 47 heavy (non-hydrogen) atoms. The third kappa shape index (κ3) is 5.53. The predicted molar refractivity (Wildman–Crippen MR) is 181 cm³/mol. The van der Waals surface area contributed by atoms with Crippen LogP contribution in [0.2, 0.25) is 0 Å². The van der Waals surface area contributed by atoms with Gasteiger partial charge in [0.25, 0.3) is 5.91 Å². The van der Waals surface area contributed by atoms with Crippen LogP contribution in [-0.4, -0.2) is 56.6 Å². The Morgan fingerprint density at radius 2 is 1.85 bits per heavy atom. The van der Waals surface area contributed by atoms with Crippen molar-refractivity contribution in [2.24, 2.45) is 35.5 Å². The van der Waals surface area contributed by atoms with Crippen LogP contribution in [0.3, 0.4) is 0 Å². The Morgan fingerprint density at radius 3 is 2.55 bits per heavy atom. The normalized spacial score (nSPS) is 27.9. The number of aliphatic carboxylic acids is 1. The number of amides is 3. The third-order valence-corrected chi connectivity index (χ3v) is 13.1. The average Bonchev–Trinajstić information content (AvgIpc) is 3.74. The molecule has 1 aromatic heterocycles. The summed E-state index contributed by atoms with van der Waals surface area (Å²) >= 11 is 6.30. The largest absolute Gasteiger partial charge is 0.483 e. The molecule has 246 valence electrons. The number of carboxylic acids is 1. The van der Waals surface area contributed by atoms with Crippen molar-refractivity contribution in [2.75, 3.05) is 11.9 Å². The van der Waals surface area contributed by atoms with E-state index in [1.165, 1.54) is 0 Å². The fraction of sp³-hybridized carbons (Fsp3) is 0.441. The molecule has 8 atom stereocenters. The molecule has 3 fully saturated rings. The number of aryl methyl sites for hydroxylation is 1. The zero-order chi connectivity index (χ0) is 33.3. The second-order valence-corrected chi connectivity index (χ2v) is 16.5. The van der Waals surface area contributed by atoms with Gasteiger partial charge in [0.1, 0.15) is 11.8 Å². The van der Waals surface area contributed by atoms with Crippen molar-refractivity contribution in [1.82, 2.24) is 9.88 Å². The monoisotopic (exact) mass is 739 g/mol. The first kappa shape index (κ1) is 32.1. The van der Waals surface area contributed by atoms with Crippen molar-refractivity contribution in [3.05, 3.63) is 72.6 Å². The van der Waals surface area contributed by atoms with Gasteiger partial charge in [0.05, 0.1) is 16.9 Å². The van der Waals surface area contributed by atoms with E-state index in [0.717, 1.165) is 41.7 Å². The summed E-state index contributed by atoms with van der Waals surface area (Å²) in [6, 6.07) is 11.9. The Balaban J connectivity index is 1.23. The number of likely N-dealkylation sites (tertiary alicyclic amines) is 1. The van der Waals surface area contributed by atoms with Crippen LogP contribution in [0.5, 0.6) is 5.75 Å². The van der Waals surface area contributed by atoms with E-state index in [-0.39, 0.29) is 64.6 Å². The van der Waals surface area contributed by atoms with Gasteiger partial charge in [-0.05, 0) is 79.3 Å². The Kier molecular flexibility index (Phi) is 8.36. The average molecular weight is 741 g/mol. The first-order chi connectivity index (χ1) is 22.4. The van der Waals surface area contributed by atoms with E-state index >= 15 is 0 Å². The van der Waals surface area contributed by atoms with E-state index in [0.29, 0.717) is 17.9 Å². The van der Waals surface area contributed by atoms with Crippen LogP contribution < -0.4 is 14.9 Å². The Morgan fingerprint density at radius 1 is 1.11 bits per heavy atom. The van der Waals surface area contributed by atoms with Crippen molar-refractivity contribution in [3.63, 3.8) is 0 Å². The maximum Gasteiger partial charge on any atom is 0.326 e. The molecule has 0 radical (unpaired) electrons.